The molecule has 0 aliphatic carbocycles. The van der Waals surface area contributed by atoms with Gasteiger partial charge in [-0.2, -0.15) is 0 Å². The zero-order valence-electron chi connectivity index (χ0n) is 7.87. The highest BCUT2D eigenvalue weighted by molar-refractivity contribution is 7.22. The maximum atomic E-state index is 10.2. The van der Waals surface area contributed by atoms with Crippen molar-refractivity contribution in [3.05, 3.63) is 35.9 Å². The Bertz CT molecular complexity index is 344. The summed E-state index contributed by atoms with van der Waals surface area (Å²) in [5, 5.41) is 14.9. The van der Waals surface area contributed by atoms with Crippen LogP contribution in [-0.4, -0.2) is 16.2 Å². The van der Waals surface area contributed by atoms with Crippen molar-refractivity contribution >= 4 is 14.6 Å². The largest absolute Gasteiger partial charge is 0.408 e. The molecule has 0 aliphatic heterocycles. The second kappa shape index (κ2) is 5.95. The second-order valence-electron chi connectivity index (χ2n) is 2.74. The minimum Gasteiger partial charge on any atom is -0.408 e. The number of nitrogens with zero attached hydrogens (tertiary/aromatic N) is 2. The van der Waals surface area contributed by atoms with Gasteiger partial charge < -0.3 is 5.21 Å². The Hall–Kier alpha value is -1.65. The SMILES string of the molecule is NN(Cc1ccccc1)/C(=N/O)NP=O. The summed E-state index contributed by atoms with van der Waals surface area (Å²) in [6.45, 7) is 0.350. The predicted molar refractivity (Wildman–Crippen MR) is 56.1 cm³/mol. The number of rotatable bonds is 3. The van der Waals surface area contributed by atoms with E-state index in [1.807, 2.05) is 30.3 Å². The molecule has 0 spiro atoms. The predicted octanol–water partition coefficient (Wildman–Crippen LogP) is 0.904. The Balaban J connectivity index is 2.62. The first-order valence-corrected chi connectivity index (χ1v) is 4.95. The van der Waals surface area contributed by atoms with Crippen LogP contribution in [0.15, 0.2) is 35.5 Å². The molecule has 0 bridgehead atoms. The second-order valence-corrected chi connectivity index (χ2v) is 3.15. The summed E-state index contributed by atoms with van der Waals surface area (Å²) in [7, 11) is -0.377. The lowest BCUT2D eigenvalue weighted by molar-refractivity contribution is 0.295. The molecule has 0 radical (unpaired) electrons. The van der Waals surface area contributed by atoms with Gasteiger partial charge in [-0.1, -0.05) is 30.3 Å². The van der Waals surface area contributed by atoms with Gasteiger partial charge in [0, 0.05) is 0 Å². The third kappa shape index (κ3) is 3.53. The number of hydrazine groups is 1. The van der Waals surface area contributed by atoms with Crippen LogP contribution >= 0.6 is 8.61 Å². The maximum Gasteiger partial charge on any atom is 0.281 e. The average Bonchev–Trinajstić information content (AvgIpc) is 2.27. The third-order valence-corrected chi connectivity index (χ3v) is 2.00. The molecule has 1 aromatic carbocycles. The molecule has 15 heavy (non-hydrogen) atoms. The Morgan fingerprint density at radius 3 is 2.73 bits per heavy atom. The molecule has 4 N–H and O–H groups in total. The van der Waals surface area contributed by atoms with Gasteiger partial charge in [0.2, 0.25) is 0 Å². The van der Waals surface area contributed by atoms with Gasteiger partial charge in [0.25, 0.3) is 14.6 Å². The van der Waals surface area contributed by atoms with E-state index >= 15 is 0 Å². The van der Waals surface area contributed by atoms with Crippen LogP contribution in [0.2, 0.25) is 0 Å². The Labute approximate surface area is 88.6 Å². The van der Waals surface area contributed by atoms with Crippen LogP contribution in [0.25, 0.3) is 0 Å². The molecule has 0 aromatic heterocycles. The Morgan fingerprint density at radius 2 is 2.20 bits per heavy atom. The van der Waals surface area contributed by atoms with Gasteiger partial charge in [-0.25, -0.2) is 10.4 Å². The van der Waals surface area contributed by atoms with E-state index in [2.05, 4.69) is 10.2 Å². The zero-order valence-corrected chi connectivity index (χ0v) is 8.76. The van der Waals surface area contributed by atoms with Gasteiger partial charge >= 0.3 is 0 Å². The van der Waals surface area contributed by atoms with E-state index in [1.54, 1.807) is 0 Å². The number of guanidine groups is 1. The molecule has 0 fully saturated rings. The van der Waals surface area contributed by atoms with Crippen LogP contribution in [0.1, 0.15) is 5.56 Å². The van der Waals surface area contributed by atoms with E-state index in [0.717, 1.165) is 10.6 Å². The molecule has 0 atom stereocenters. The van der Waals surface area contributed by atoms with Crippen molar-refractivity contribution in [2.75, 3.05) is 0 Å². The first-order chi connectivity index (χ1) is 7.27. The number of hydrogen-bond donors (Lipinski definition) is 3. The Kier molecular flexibility index (Phi) is 4.53. The molecule has 0 amide bonds. The fourth-order valence-corrected chi connectivity index (χ4v) is 1.29. The lowest BCUT2D eigenvalue weighted by Gasteiger charge is -2.17. The molecule has 0 unspecified atom stereocenters. The number of nitrogens with one attached hydrogen (secondary N) is 1. The summed E-state index contributed by atoms with van der Waals surface area (Å²) in [5.74, 6) is 5.52. The topological polar surface area (TPSA) is 90.9 Å². The van der Waals surface area contributed by atoms with E-state index in [1.165, 1.54) is 0 Å². The molecule has 6 nitrogen and oxygen atoms in total. The van der Waals surface area contributed by atoms with Crippen LogP contribution in [0.4, 0.5) is 0 Å². The summed E-state index contributed by atoms with van der Waals surface area (Å²) in [6.07, 6.45) is 0. The van der Waals surface area contributed by atoms with E-state index in [0.29, 0.717) is 6.54 Å². The average molecular weight is 226 g/mol. The van der Waals surface area contributed by atoms with Gasteiger partial charge in [-0.05, 0) is 10.7 Å². The van der Waals surface area contributed by atoms with Crippen molar-refractivity contribution in [1.29, 1.82) is 0 Å². The fraction of sp³-hybridized carbons (Fsp3) is 0.125. The standard InChI is InChI=1S/C8H11N4O2P/c9-12(8(10-13)11-15-14)6-7-4-2-1-3-5-7/h1-5,13H,6,9H2,(H,10,11,14). The summed E-state index contributed by atoms with van der Waals surface area (Å²) in [6, 6.07) is 9.39. The van der Waals surface area contributed by atoms with Crippen LogP contribution in [0.5, 0.6) is 0 Å². The van der Waals surface area contributed by atoms with Gasteiger partial charge in [0.15, 0.2) is 0 Å². The van der Waals surface area contributed by atoms with Crippen molar-refractivity contribution < 1.29 is 9.77 Å². The van der Waals surface area contributed by atoms with E-state index in [9.17, 15) is 4.57 Å². The van der Waals surface area contributed by atoms with Crippen LogP contribution in [0, 0.1) is 0 Å². The highest BCUT2D eigenvalue weighted by atomic mass is 31.1. The Morgan fingerprint density at radius 1 is 1.53 bits per heavy atom. The smallest absolute Gasteiger partial charge is 0.281 e. The number of benzene rings is 1. The molecule has 1 aromatic rings. The highest BCUT2D eigenvalue weighted by Crippen LogP contribution is 2.01. The molecule has 0 heterocycles. The lowest BCUT2D eigenvalue weighted by Crippen LogP contribution is -2.42. The monoisotopic (exact) mass is 226 g/mol. The minimum absolute atomic E-state index is 0.0597. The molecular weight excluding hydrogens is 215 g/mol. The summed E-state index contributed by atoms with van der Waals surface area (Å²) < 4.78 is 10.2. The lowest BCUT2D eigenvalue weighted by atomic mass is 10.2. The van der Waals surface area contributed by atoms with Crippen LogP contribution < -0.4 is 10.9 Å². The molecular formula is C8H11N4O2P. The molecule has 0 saturated heterocycles. The van der Waals surface area contributed by atoms with Crippen LogP contribution in [-0.2, 0) is 11.1 Å². The number of hydrogen-bond acceptors (Lipinski definition) is 4. The van der Waals surface area contributed by atoms with Gasteiger partial charge in [-0.15, -0.1) is 0 Å². The number of nitrogens with two attached hydrogens (primary N) is 1. The molecule has 1 rings (SSSR count). The van der Waals surface area contributed by atoms with Crippen molar-refractivity contribution in [3.63, 3.8) is 0 Å². The maximum absolute atomic E-state index is 10.2. The first-order valence-electron chi connectivity index (χ1n) is 4.14. The van der Waals surface area contributed by atoms with E-state index in [4.69, 9.17) is 11.0 Å². The van der Waals surface area contributed by atoms with Gasteiger partial charge in [0.1, 0.15) is 0 Å². The highest BCUT2D eigenvalue weighted by Gasteiger charge is 2.07. The van der Waals surface area contributed by atoms with Crippen molar-refractivity contribution in [3.8, 4) is 0 Å². The summed E-state index contributed by atoms with van der Waals surface area (Å²) >= 11 is 0. The van der Waals surface area contributed by atoms with Crippen LogP contribution in [0.3, 0.4) is 0 Å². The summed E-state index contributed by atoms with van der Waals surface area (Å²) in [5.41, 5.74) is 0.950. The molecule has 0 saturated carbocycles. The molecule has 80 valence electrons. The van der Waals surface area contributed by atoms with Gasteiger partial charge in [0.05, 0.1) is 6.54 Å². The van der Waals surface area contributed by atoms with Gasteiger partial charge in [-0.3, -0.25) is 10.1 Å². The van der Waals surface area contributed by atoms with Crippen molar-refractivity contribution in [1.82, 2.24) is 10.1 Å². The first kappa shape index (κ1) is 11.4. The van der Waals surface area contributed by atoms with E-state index < -0.39 is 0 Å². The zero-order chi connectivity index (χ0) is 11.1. The summed E-state index contributed by atoms with van der Waals surface area (Å²) in [4.78, 5) is 0. The third-order valence-electron chi connectivity index (χ3n) is 1.71. The van der Waals surface area contributed by atoms with E-state index in [-0.39, 0.29) is 14.6 Å². The molecule has 7 heteroatoms. The quantitative estimate of drug-likeness (QED) is 0.178. The van der Waals surface area contributed by atoms with Crippen molar-refractivity contribution in [2.45, 2.75) is 6.54 Å². The van der Waals surface area contributed by atoms with Crippen molar-refractivity contribution in [2.24, 2.45) is 11.0 Å². The fourth-order valence-electron chi connectivity index (χ4n) is 1.04. The normalized spacial score (nSPS) is 11.4. The molecule has 0 aliphatic rings. The minimum atomic E-state index is -0.377. The number of oxime groups is 1.